The third-order valence-electron chi connectivity index (χ3n) is 5.07. The van der Waals surface area contributed by atoms with Gasteiger partial charge in [-0.25, -0.2) is 4.79 Å². The van der Waals surface area contributed by atoms with Crippen LogP contribution >= 0.6 is 0 Å². The number of carbonyl (C=O) groups is 2. The lowest BCUT2D eigenvalue weighted by atomic mass is 9.84. The van der Waals surface area contributed by atoms with Gasteiger partial charge in [0.05, 0.1) is 0 Å². The summed E-state index contributed by atoms with van der Waals surface area (Å²) in [6.07, 6.45) is 0. The van der Waals surface area contributed by atoms with Gasteiger partial charge in [0.25, 0.3) is 5.91 Å². The molecule has 0 aliphatic carbocycles. The molecule has 0 atom stereocenters. The van der Waals surface area contributed by atoms with E-state index >= 15 is 0 Å². The molecule has 0 saturated heterocycles. The second kappa shape index (κ2) is 10.2. The maximum absolute atomic E-state index is 13.0. The molecule has 0 aromatic heterocycles. The van der Waals surface area contributed by atoms with E-state index in [2.05, 4.69) is 50.0 Å². The van der Waals surface area contributed by atoms with Gasteiger partial charge < -0.3 is 25.3 Å². The zero-order valence-corrected chi connectivity index (χ0v) is 19.4. The Morgan fingerprint density at radius 2 is 1.75 bits per heavy atom. The quantitative estimate of drug-likeness (QED) is 0.418. The number of carboxylic acid groups (broad SMARTS) is 1. The Morgan fingerprint density at radius 3 is 2.25 bits per heavy atom. The molecule has 0 heterocycles. The SMILES string of the molecule is CCN(CC)c1ccc(/C(=N\OC)C(=O)Nc2ccc(C(=O)O)c(O)c2)cc1C(C)(C)C. The summed E-state index contributed by atoms with van der Waals surface area (Å²) in [7, 11) is 1.36. The van der Waals surface area contributed by atoms with Crippen LogP contribution in [0.2, 0.25) is 0 Å². The number of nitrogens with zero attached hydrogens (tertiary/aromatic N) is 2. The van der Waals surface area contributed by atoms with E-state index in [0.29, 0.717) is 5.56 Å². The number of hydrogen-bond donors (Lipinski definition) is 3. The van der Waals surface area contributed by atoms with Crippen LogP contribution in [0.3, 0.4) is 0 Å². The van der Waals surface area contributed by atoms with Gasteiger partial charge in [0.15, 0.2) is 5.71 Å². The van der Waals surface area contributed by atoms with Crippen molar-refractivity contribution < 1.29 is 24.6 Å². The van der Waals surface area contributed by atoms with E-state index in [4.69, 9.17) is 9.94 Å². The minimum atomic E-state index is -1.26. The molecule has 0 fully saturated rings. The number of carboxylic acids is 1. The maximum Gasteiger partial charge on any atom is 0.339 e. The van der Waals surface area contributed by atoms with E-state index in [-0.39, 0.29) is 22.4 Å². The van der Waals surface area contributed by atoms with Gasteiger partial charge >= 0.3 is 5.97 Å². The molecule has 0 unspecified atom stereocenters. The number of phenols is 1. The van der Waals surface area contributed by atoms with Crippen LogP contribution in [-0.2, 0) is 15.0 Å². The third-order valence-corrected chi connectivity index (χ3v) is 5.07. The van der Waals surface area contributed by atoms with E-state index in [1.807, 2.05) is 18.2 Å². The van der Waals surface area contributed by atoms with Gasteiger partial charge in [-0.15, -0.1) is 0 Å². The second-order valence-electron chi connectivity index (χ2n) is 8.27. The smallest absolute Gasteiger partial charge is 0.339 e. The number of carbonyl (C=O) groups excluding carboxylic acids is 1. The average molecular weight is 442 g/mol. The van der Waals surface area contributed by atoms with Crippen LogP contribution in [-0.4, -0.2) is 48.0 Å². The molecule has 1 amide bonds. The number of nitrogens with one attached hydrogen (secondary N) is 1. The highest BCUT2D eigenvalue weighted by Crippen LogP contribution is 2.33. The Labute approximate surface area is 188 Å². The Balaban J connectivity index is 2.46. The fourth-order valence-electron chi connectivity index (χ4n) is 3.42. The zero-order chi connectivity index (χ0) is 24.1. The van der Waals surface area contributed by atoms with E-state index < -0.39 is 17.6 Å². The van der Waals surface area contributed by atoms with Crippen LogP contribution < -0.4 is 10.2 Å². The van der Waals surface area contributed by atoms with Crippen LogP contribution in [0.15, 0.2) is 41.6 Å². The number of aromatic carboxylic acids is 1. The molecule has 0 saturated carbocycles. The summed E-state index contributed by atoms with van der Waals surface area (Å²) in [5, 5.41) is 25.5. The lowest BCUT2D eigenvalue weighted by Gasteiger charge is -2.30. The third kappa shape index (κ3) is 5.57. The van der Waals surface area contributed by atoms with Crippen molar-refractivity contribution in [2.24, 2.45) is 5.16 Å². The molecule has 0 bridgehead atoms. The van der Waals surface area contributed by atoms with E-state index in [0.717, 1.165) is 24.3 Å². The molecule has 8 heteroatoms. The Bertz CT molecular complexity index is 1020. The normalized spacial score (nSPS) is 11.8. The maximum atomic E-state index is 13.0. The van der Waals surface area contributed by atoms with Crippen LogP contribution in [0.5, 0.6) is 5.75 Å². The van der Waals surface area contributed by atoms with Gasteiger partial charge in [0, 0.05) is 36.1 Å². The minimum absolute atomic E-state index is 0.0610. The average Bonchev–Trinajstić information content (AvgIpc) is 2.72. The van der Waals surface area contributed by atoms with Crippen molar-refractivity contribution >= 4 is 29.0 Å². The van der Waals surface area contributed by atoms with Gasteiger partial charge in [-0.1, -0.05) is 32.0 Å². The molecule has 2 rings (SSSR count). The number of hydrogen-bond acceptors (Lipinski definition) is 6. The highest BCUT2D eigenvalue weighted by molar-refractivity contribution is 6.48. The summed E-state index contributed by atoms with van der Waals surface area (Å²) in [5.74, 6) is -2.26. The van der Waals surface area contributed by atoms with Crippen molar-refractivity contribution in [3.8, 4) is 5.75 Å². The van der Waals surface area contributed by atoms with Crippen molar-refractivity contribution in [1.82, 2.24) is 0 Å². The van der Waals surface area contributed by atoms with Crippen LogP contribution in [0.25, 0.3) is 0 Å². The number of oxime groups is 1. The molecule has 2 aromatic rings. The minimum Gasteiger partial charge on any atom is -0.507 e. The Kier molecular flexibility index (Phi) is 7.86. The van der Waals surface area contributed by atoms with Gasteiger partial charge in [-0.05, 0) is 49.1 Å². The molecule has 8 nitrogen and oxygen atoms in total. The second-order valence-corrected chi connectivity index (χ2v) is 8.27. The number of anilines is 2. The van der Waals surface area contributed by atoms with Gasteiger partial charge in [0.2, 0.25) is 0 Å². The lowest BCUT2D eigenvalue weighted by molar-refractivity contribution is -0.110. The molecule has 0 aliphatic rings. The molecule has 0 spiro atoms. The van der Waals surface area contributed by atoms with Crippen molar-refractivity contribution in [3.05, 3.63) is 53.1 Å². The van der Waals surface area contributed by atoms with E-state index in [9.17, 15) is 14.7 Å². The van der Waals surface area contributed by atoms with Crippen LogP contribution in [0.1, 0.15) is 56.1 Å². The molecular formula is C24H31N3O5. The van der Waals surface area contributed by atoms with E-state index in [1.54, 1.807) is 0 Å². The molecular weight excluding hydrogens is 410 g/mol. The number of benzene rings is 2. The molecule has 3 N–H and O–H groups in total. The predicted molar refractivity (Wildman–Crippen MR) is 126 cm³/mol. The fourth-order valence-corrected chi connectivity index (χ4v) is 3.42. The number of aromatic hydroxyl groups is 1. The Hall–Kier alpha value is -3.55. The highest BCUT2D eigenvalue weighted by Gasteiger charge is 2.24. The van der Waals surface area contributed by atoms with E-state index in [1.165, 1.54) is 25.3 Å². The first-order chi connectivity index (χ1) is 15.0. The zero-order valence-electron chi connectivity index (χ0n) is 19.4. The fraction of sp³-hybridized carbons (Fsp3) is 0.375. The number of rotatable bonds is 8. The molecule has 172 valence electrons. The highest BCUT2D eigenvalue weighted by atomic mass is 16.6. The van der Waals surface area contributed by atoms with Gasteiger partial charge in [0.1, 0.15) is 18.4 Å². The van der Waals surface area contributed by atoms with Crippen molar-refractivity contribution in [3.63, 3.8) is 0 Å². The van der Waals surface area contributed by atoms with Crippen LogP contribution in [0.4, 0.5) is 11.4 Å². The largest absolute Gasteiger partial charge is 0.507 e. The lowest BCUT2D eigenvalue weighted by Crippen LogP contribution is -2.28. The summed E-state index contributed by atoms with van der Waals surface area (Å²) >= 11 is 0. The predicted octanol–water partition coefficient (Wildman–Crippen LogP) is 4.22. The Morgan fingerprint density at radius 1 is 1.09 bits per heavy atom. The topological polar surface area (TPSA) is 111 Å². The number of amides is 1. The van der Waals surface area contributed by atoms with Gasteiger partial charge in [-0.3, -0.25) is 4.79 Å². The van der Waals surface area contributed by atoms with Crippen LogP contribution in [0, 0.1) is 0 Å². The first kappa shape index (κ1) is 24.7. The monoisotopic (exact) mass is 441 g/mol. The summed E-state index contributed by atoms with van der Waals surface area (Å²) in [6, 6.07) is 9.54. The summed E-state index contributed by atoms with van der Waals surface area (Å²) in [5.41, 5.74) is 2.60. The molecule has 0 radical (unpaired) electrons. The van der Waals surface area contributed by atoms with Crippen molar-refractivity contribution in [1.29, 1.82) is 0 Å². The summed E-state index contributed by atoms with van der Waals surface area (Å²) in [6.45, 7) is 12.2. The molecule has 32 heavy (non-hydrogen) atoms. The summed E-state index contributed by atoms with van der Waals surface area (Å²) in [4.78, 5) is 31.3. The van der Waals surface area contributed by atoms with Crippen molar-refractivity contribution in [2.45, 2.75) is 40.0 Å². The summed E-state index contributed by atoms with van der Waals surface area (Å²) < 4.78 is 0. The first-order valence-electron chi connectivity index (χ1n) is 10.4. The van der Waals surface area contributed by atoms with Gasteiger partial charge in [-0.2, -0.15) is 0 Å². The molecule has 0 aliphatic heterocycles. The standard InChI is InChI=1S/C24H31N3O5/c1-7-27(8-2)19-12-9-15(13-18(19)24(3,4)5)21(26-32-6)22(29)25-16-10-11-17(23(30)31)20(28)14-16/h9-14,28H,7-8H2,1-6H3,(H,25,29)(H,30,31)/b26-21+. The first-order valence-corrected chi connectivity index (χ1v) is 10.4. The molecule has 2 aromatic carbocycles. The van der Waals surface area contributed by atoms with Crippen molar-refractivity contribution in [2.75, 3.05) is 30.4 Å².